The van der Waals surface area contributed by atoms with Crippen molar-refractivity contribution in [2.75, 3.05) is 13.7 Å². The maximum atomic E-state index is 12.9. The van der Waals surface area contributed by atoms with E-state index in [0.29, 0.717) is 21.7 Å². The predicted octanol–water partition coefficient (Wildman–Crippen LogP) is 4.61. The smallest absolute Gasteiger partial charge is 0.262 e. The zero-order valence-electron chi connectivity index (χ0n) is 17.9. The van der Waals surface area contributed by atoms with E-state index in [-0.39, 0.29) is 18.7 Å². The van der Waals surface area contributed by atoms with Crippen molar-refractivity contribution in [3.05, 3.63) is 82.9 Å². The highest BCUT2D eigenvalue weighted by Crippen LogP contribution is 2.31. The molecule has 2 aromatic carbocycles. The number of allylic oxidation sites excluding steroid dienone is 1. The third-order valence-electron chi connectivity index (χ3n) is 4.96. The summed E-state index contributed by atoms with van der Waals surface area (Å²) in [6.45, 7) is 2.04. The molecule has 0 radical (unpaired) electrons. The normalized spacial score (nSPS) is 12.3. The van der Waals surface area contributed by atoms with Gasteiger partial charge in [0.15, 0.2) is 11.5 Å². The molecule has 6 nitrogen and oxygen atoms in total. The number of aromatic nitrogens is 2. The van der Waals surface area contributed by atoms with Gasteiger partial charge in [0.25, 0.3) is 5.56 Å². The van der Waals surface area contributed by atoms with Crippen LogP contribution in [0.15, 0.2) is 71.8 Å². The molecule has 4 rings (SSSR count). The molecule has 0 saturated heterocycles. The monoisotopic (exact) mass is 448 g/mol. The van der Waals surface area contributed by atoms with Crippen LogP contribution in [0.4, 0.5) is 0 Å². The summed E-state index contributed by atoms with van der Waals surface area (Å²) in [6.07, 6.45) is 4.49. The Labute approximate surface area is 190 Å². The molecule has 2 heterocycles. The van der Waals surface area contributed by atoms with Crippen molar-refractivity contribution >= 4 is 27.6 Å². The molecule has 1 atom stereocenters. The molecule has 2 aromatic heterocycles. The Morgan fingerprint density at radius 2 is 1.97 bits per heavy atom. The molecule has 164 valence electrons. The number of fused-ring (bicyclic) bond motifs is 1. The Morgan fingerprint density at radius 1 is 1.16 bits per heavy atom. The standard InChI is InChI=1S/C25H24N2O4S/c1-3-7-17-10-11-21(22(12-17)30-2)31-15-19(28)14-27-16-26-24-20(25(27)29)13-23(32-24)18-8-5-4-6-9-18/h3-13,16,19,28H,14-15H2,1-2H3/b7-3+. The minimum absolute atomic E-state index is 0.0166. The van der Waals surface area contributed by atoms with E-state index >= 15 is 0 Å². The lowest BCUT2D eigenvalue weighted by atomic mass is 10.2. The lowest BCUT2D eigenvalue weighted by molar-refractivity contribution is 0.0900. The molecule has 0 amide bonds. The maximum Gasteiger partial charge on any atom is 0.262 e. The zero-order chi connectivity index (χ0) is 22.5. The molecule has 32 heavy (non-hydrogen) atoms. The number of methoxy groups -OCH3 is 1. The third-order valence-corrected chi connectivity index (χ3v) is 6.05. The molecule has 0 aliphatic carbocycles. The van der Waals surface area contributed by atoms with E-state index in [0.717, 1.165) is 16.0 Å². The summed E-state index contributed by atoms with van der Waals surface area (Å²) >= 11 is 1.48. The van der Waals surface area contributed by atoms with Crippen molar-refractivity contribution in [1.82, 2.24) is 9.55 Å². The summed E-state index contributed by atoms with van der Waals surface area (Å²) in [5.74, 6) is 1.12. The maximum absolute atomic E-state index is 12.9. The molecular formula is C25H24N2O4S. The van der Waals surface area contributed by atoms with Gasteiger partial charge in [-0.2, -0.15) is 0 Å². The van der Waals surface area contributed by atoms with Crippen LogP contribution in [0.1, 0.15) is 12.5 Å². The number of aliphatic hydroxyl groups excluding tert-OH is 1. The van der Waals surface area contributed by atoms with E-state index in [1.165, 1.54) is 22.2 Å². The Hall–Kier alpha value is -3.42. The Bertz CT molecular complexity index is 1290. The first kappa shape index (κ1) is 21.8. The van der Waals surface area contributed by atoms with E-state index in [2.05, 4.69) is 4.98 Å². The first-order valence-electron chi connectivity index (χ1n) is 10.2. The van der Waals surface area contributed by atoms with Crippen LogP contribution in [0.25, 0.3) is 26.7 Å². The molecule has 1 unspecified atom stereocenters. The fourth-order valence-electron chi connectivity index (χ4n) is 3.40. The van der Waals surface area contributed by atoms with Crippen molar-refractivity contribution in [2.24, 2.45) is 0 Å². The molecule has 7 heteroatoms. The van der Waals surface area contributed by atoms with E-state index in [9.17, 15) is 9.90 Å². The largest absolute Gasteiger partial charge is 0.493 e. The van der Waals surface area contributed by atoms with Gasteiger partial charge in [-0.15, -0.1) is 11.3 Å². The van der Waals surface area contributed by atoms with Crippen molar-refractivity contribution in [1.29, 1.82) is 0 Å². The molecule has 0 bridgehead atoms. The second-order valence-electron chi connectivity index (χ2n) is 7.27. The quantitative estimate of drug-likeness (QED) is 0.426. The first-order chi connectivity index (χ1) is 15.6. The number of benzene rings is 2. The van der Waals surface area contributed by atoms with Crippen molar-refractivity contribution in [3.8, 4) is 21.9 Å². The van der Waals surface area contributed by atoms with Crippen LogP contribution in [0, 0.1) is 0 Å². The van der Waals surface area contributed by atoms with E-state index < -0.39 is 6.10 Å². The summed E-state index contributed by atoms with van der Waals surface area (Å²) in [4.78, 5) is 19.0. The van der Waals surface area contributed by atoms with E-state index in [1.54, 1.807) is 13.2 Å². The summed E-state index contributed by atoms with van der Waals surface area (Å²) in [5.41, 5.74) is 1.86. The Kier molecular flexibility index (Phi) is 6.68. The average Bonchev–Trinajstić information content (AvgIpc) is 3.26. The topological polar surface area (TPSA) is 73.6 Å². The zero-order valence-corrected chi connectivity index (χ0v) is 18.7. The number of hydrogen-bond donors (Lipinski definition) is 1. The van der Waals surface area contributed by atoms with E-state index in [1.807, 2.05) is 67.6 Å². The highest BCUT2D eigenvalue weighted by molar-refractivity contribution is 7.21. The van der Waals surface area contributed by atoms with Crippen LogP contribution in [0.2, 0.25) is 0 Å². The number of nitrogens with zero attached hydrogens (tertiary/aromatic N) is 2. The average molecular weight is 449 g/mol. The molecule has 0 saturated carbocycles. The van der Waals surface area contributed by atoms with E-state index in [4.69, 9.17) is 9.47 Å². The molecule has 0 aliphatic heterocycles. The minimum Gasteiger partial charge on any atom is -0.493 e. The second kappa shape index (κ2) is 9.80. The number of thiophene rings is 1. The van der Waals surface area contributed by atoms with Crippen LogP contribution >= 0.6 is 11.3 Å². The van der Waals surface area contributed by atoms with Crippen LogP contribution in [0.5, 0.6) is 11.5 Å². The van der Waals surface area contributed by atoms with Crippen LogP contribution in [-0.2, 0) is 6.54 Å². The molecule has 1 N–H and O–H groups in total. The van der Waals surface area contributed by atoms with Gasteiger partial charge in [0.2, 0.25) is 0 Å². The predicted molar refractivity (Wildman–Crippen MR) is 129 cm³/mol. The van der Waals surface area contributed by atoms with Gasteiger partial charge in [-0.05, 0) is 36.2 Å². The minimum atomic E-state index is -0.890. The fourth-order valence-corrected chi connectivity index (χ4v) is 4.39. The number of hydrogen-bond acceptors (Lipinski definition) is 6. The van der Waals surface area contributed by atoms with Gasteiger partial charge in [-0.1, -0.05) is 48.6 Å². The summed E-state index contributed by atoms with van der Waals surface area (Å²) in [6, 6.07) is 17.3. The van der Waals surface area contributed by atoms with Crippen molar-refractivity contribution in [2.45, 2.75) is 19.6 Å². The molecule has 0 spiro atoms. The third kappa shape index (κ3) is 4.74. The SMILES string of the molecule is C/C=C/c1ccc(OCC(O)Cn2cnc3sc(-c4ccccc4)cc3c2=O)c(OC)c1. The van der Waals surface area contributed by atoms with Gasteiger partial charge >= 0.3 is 0 Å². The van der Waals surface area contributed by atoms with Crippen molar-refractivity contribution < 1.29 is 14.6 Å². The van der Waals surface area contributed by atoms with Gasteiger partial charge in [0, 0.05) is 4.88 Å². The highest BCUT2D eigenvalue weighted by Gasteiger charge is 2.14. The summed E-state index contributed by atoms with van der Waals surface area (Å²) < 4.78 is 12.6. The molecular weight excluding hydrogens is 424 g/mol. The highest BCUT2D eigenvalue weighted by atomic mass is 32.1. The molecule has 0 fully saturated rings. The molecule has 4 aromatic rings. The number of aliphatic hydroxyl groups is 1. The van der Waals surface area contributed by atoms with Crippen LogP contribution in [-0.4, -0.2) is 34.5 Å². The van der Waals surface area contributed by atoms with Crippen LogP contribution < -0.4 is 15.0 Å². The lowest BCUT2D eigenvalue weighted by Gasteiger charge is -2.15. The van der Waals surface area contributed by atoms with Gasteiger partial charge in [-0.25, -0.2) is 4.98 Å². The fraction of sp³-hybridized carbons (Fsp3) is 0.200. The Balaban J connectivity index is 1.47. The summed E-state index contributed by atoms with van der Waals surface area (Å²) in [7, 11) is 1.57. The van der Waals surface area contributed by atoms with Crippen molar-refractivity contribution in [3.63, 3.8) is 0 Å². The number of rotatable bonds is 8. The van der Waals surface area contributed by atoms with Crippen LogP contribution in [0.3, 0.4) is 0 Å². The molecule has 0 aliphatic rings. The van der Waals surface area contributed by atoms with Gasteiger partial charge in [-0.3, -0.25) is 9.36 Å². The second-order valence-corrected chi connectivity index (χ2v) is 8.30. The van der Waals surface area contributed by atoms with Gasteiger partial charge < -0.3 is 14.6 Å². The Morgan fingerprint density at radius 3 is 2.72 bits per heavy atom. The lowest BCUT2D eigenvalue weighted by Crippen LogP contribution is -2.30. The number of ether oxygens (including phenoxy) is 2. The van der Waals surface area contributed by atoms with Gasteiger partial charge in [0.05, 0.1) is 25.4 Å². The summed E-state index contributed by atoms with van der Waals surface area (Å²) in [5, 5.41) is 11.0. The first-order valence-corrected chi connectivity index (χ1v) is 11.1. The van der Waals surface area contributed by atoms with Gasteiger partial charge in [0.1, 0.15) is 17.5 Å².